The number of hydrogen-bond acceptors (Lipinski definition) is 2. The number of anilines is 1. The summed E-state index contributed by atoms with van der Waals surface area (Å²) in [5.74, 6) is 0.952. The third-order valence-corrected chi connectivity index (χ3v) is 4.81. The summed E-state index contributed by atoms with van der Waals surface area (Å²) >= 11 is 1.70. The van der Waals surface area contributed by atoms with Gasteiger partial charge in [0.2, 0.25) is 5.91 Å². The second-order valence-corrected chi connectivity index (χ2v) is 6.19. The largest absolute Gasteiger partial charge is 0.325 e. The molecule has 0 bridgehead atoms. The molecule has 1 amide bonds. The highest BCUT2D eigenvalue weighted by atomic mass is 32.2. The van der Waals surface area contributed by atoms with Crippen molar-refractivity contribution >= 4 is 23.4 Å². The van der Waals surface area contributed by atoms with Crippen LogP contribution >= 0.6 is 11.8 Å². The molecular formula is C18H21NOS. The van der Waals surface area contributed by atoms with Gasteiger partial charge in [-0.15, -0.1) is 11.8 Å². The Labute approximate surface area is 131 Å². The zero-order chi connectivity index (χ0) is 15.1. The molecule has 21 heavy (non-hydrogen) atoms. The first kappa shape index (κ1) is 15.6. The van der Waals surface area contributed by atoms with Crippen molar-refractivity contribution in [3.8, 4) is 0 Å². The minimum Gasteiger partial charge on any atom is -0.325 e. The maximum absolute atomic E-state index is 12.4. The minimum atomic E-state index is -0.0233. The van der Waals surface area contributed by atoms with Gasteiger partial charge in [-0.1, -0.05) is 55.5 Å². The van der Waals surface area contributed by atoms with Crippen molar-refractivity contribution in [1.29, 1.82) is 0 Å². The topological polar surface area (TPSA) is 29.1 Å². The second kappa shape index (κ2) is 7.89. The fraction of sp³-hybridized carbons (Fsp3) is 0.278. The summed E-state index contributed by atoms with van der Waals surface area (Å²) in [6.07, 6.45) is 0.829. The van der Waals surface area contributed by atoms with E-state index in [1.165, 1.54) is 5.56 Å². The molecule has 2 aromatic carbocycles. The number of benzene rings is 2. The first-order chi connectivity index (χ1) is 10.2. The van der Waals surface area contributed by atoms with E-state index >= 15 is 0 Å². The number of hydrogen-bond donors (Lipinski definition) is 1. The van der Waals surface area contributed by atoms with Crippen LogP contribution in [0.2, 0.25) is 0 Å². The molecule has 1 N–H and O–H groups in total. The first-order valence-corrected chi connectivity index (χ1v) is 8.27. The van der Waals surface area contributed by atoms with Crippen LogP contribution in [0.4, 0.5) is 5.69 Å². The van der Waals surface area contributed by atoms with Crippen LogP contribution in [0.15, 0.2) is 54.6 Å². The Hall–Kier alpha value is -1.74. The minimum absolute atomic E-state index is 0.0233. The Bertz CT molecular complexity index is 583. The van der Waals surface area contributed by atoms with Gasteiger partial charge in [0.1, 0.15) is 0 Å². The fourth-order valence-corrected chi connectivity index (χ4v) is 3.11. The number of amides is 1. The summed E-state index contributed by atoms with van der Waals surface area (Å²) < 4.78 is 0. The zero-order valence-corrected chi connectivity index (χ0v) is 13.3. The van der Waals surface area contributed by atoms with Gasteiger partial charge in [-0.3, -0.25) is 4.79 Å². The molecule has 0 aliphatic carbocycles. The average Bonchev–Trinajstić information content (AvgIpc) is 2.51. The van der Waals surface area contributed by atoms with Crippen molar-refractivity contribution in [3.05, 3.63) is 65.7 Å². The number of nitrogens with one attached hydrogen (secondary N) is 1. The van der Waals surface area contributed by atoms with Crippen LogP contribution in [0.25, 0.3) is 0 Å². The smallest absolute Gasteiger partial charge is 0.237 e. The first-order valence-electron chi connectivity index (χ1n) is 7.22. The van der Waals surface area contributed by atoms with Gasteiger partial charge in [-0.05, 0) is 30.5 Å². The van der Waals surface area contributed by atoms with Gasteiger partial charge < -0.3 is 5.32 Å². The predicted molar refractivity (Wildman–Crippen MR) is 91.6 cm³/mol. The zero-order valence-electron chi connectivity index (χ0n) is 12.5. The number of carbonyl (C=O) groups is 1. The lowest BCUT2D eigenvalue weighted by atomic mass is 10.2. The SMILES string of the molecule is CCC(SCc1ccccc1)C(=O)Nc1ccccc1C. The monoisotopic (exact) mass is 299 g/mol. The van der Waals surface area contributed by atoms with Crippen molar-refractivity contribution in [2.75, 3.05) is 5.32 Å². The molecule has 110 valence electrons. The summed E-state index contributed by atoms with van der Waals surface area (Å²) in [6, 6.07) is 18.1. The molecule has 2 aromatic rings. The van der Waals surface area contributed by atoms with Gasteiger partial charge in [0.05, 0.1) is 5.25 Å². The highest BCUT2D eigenvalue weighted by Gasteiger charge is 2.17. The van der Waals surface area contributed by atoms with Crippen molar-refractivity contribution in [1.82, 2.24) is 0 Å². The van der Waals surface area contributed by atoms with E-state index in [9.17, 15) is 4.79 Å². The van der Waals surface area contributed by atoms with Crippen molar-refractivity contribution in [3.63, 3.8) is 0 Å². The number of thioether (sulfide) groups is 1. The summed E-state index contributed by atoms with van der Waals surface area (Å²) in [6.45, 7) is 4.06. The van der Waals surface area contributed by atoms with Crippen LogP contribution in [0.1, 0.15) is 24.5 Å². The molecule has 0 saturated carbocycles. The maximum atomic E-state index is 12.4. The molecule has 0 heterocycles. The third-order valence-electron chi connectivity index (χ3n) is 3.36. The lowest BCUT2D eigenvalue weighted by Gasteiger charge is -2.16. The second-order valence-electron chi connectivity index (χ2n) is 5.00. The molecule has 0 saturated heterocycles. The molecule has 0 aliphatic heterocycles. The van der Waals surface area contributed by atoms with E-state index in [0.717, 1.165) is 23.4 Å². The van der Waals surface area contributed by atoms with Gasteiger partial charge in [-0.2, -0.15) is 0 Å². The summed E-state index contributed by atoms with van der Waals surface area (Å²) in [7, 11) is 0. The molecule has 0 aromatic heterocycles. The number of carbonyl (C=O) groups excluding carboxylic acids is 1. The Kier molecular flexibility index (Phi) is 5.88. The number of para-hydroxylation sites is 1. The van der Waals surface area contributed by atoms with Crippen LogP contribution in [-0.4, -0.2) is 11.2 Å². The van der Waals surface area contributed by atoms with Crippen molar-refractivity contribution < 1.29 is 4.79 Å². The third kappa shape index (κ3) is 4.64. The molecule has 1 atom stereocenters. The molecule has 0 aliphatic rings. The lowest BCUT2D eigenvalue weighted by molar-refractivity contribution is -0.115. The van der Waals surface area contributed by atoms with Gasteiger partial charge in [0.15, 0.2) is 0 Å². The van der Waals surface area contributed by atoms with E-state index in [1.807, 2.05) is 49.4 Å². The fourth-order valence-electron chi connectivity index (χ4n) is 2.08. The molecule has 2 rings (SSSR count). The maximum Gasteiger partial charge on any atom is 0.237 e. The van der Waals surface area contributed by atoms with Gasteiger partial charge in [-0.25, -0.2) is 0 Å². The quantitative estimate of drug-likeness (QED) is 0.841. The van der Waals surface area contributed by atoms with E-state index in [0.29, 0.717) is 0 Å². The van der Waals surface area contributed by atoms with Crippen molar-refractivity contribution in [2.24, 2.45) is 0 Å². The van der Waals surface area contributed by atoms with Crippen LogP contribution in [0.5, 0.6) is 0 Å². The Balaban J connectivity index is 1.94. The van der Waals surface area contributed by atoms with Gasteiger partial charge >= 0.3 is 0 Å². The lowest BCUT2D eigenvalue weighted by Crippen LogP contribution is -2.25. The van der Waals surface area contributed by atoms with Crippen molar-refractivity contribution in [2.45, 2.75) is 31.3 Å². The van der Waals surface area contributed by atoms with Crippen LogP contribution in [0, 0.1) is 6.92 Å². The molecule has 2 nitrogen and oxygen atoms in total. The highest BCUT2D eigenvalue weighted by molar-refractivity contribution is 7.99. The Morgan fingerprint density at radius 3 is 2.43 bits per heavy atom. The summed E-state index contributed by atoms with van der Waals surface area (Å²) in [5, 5.41) is 3.01. The average molecular weight is 299 g/mol. The summed E-state index contributed by atoms with van der Waals surface area (Å²) in [4.78, 5) is 12.4. The van der Waals surface area contributed by atoms with E-state index in [4.69, 9.17) is 0 Å². The Morgan fingerprint density at radius 1 is 1.10 bits per heavy atom. The molecule has 3 heteroatoms. The van der Waals surface area contributed by atoms with Crippen LogP contribution < -0.4 is 5.32 Å². The van der Waals surface area contributed by atoms with Crippen LogP contribution in [-0.2, 0) is 10.5 Å². The molecule has 0 spiro atoms. The summed E-state index contributed by atoms with van der Waals surface area (Å²) in [5.41, 5.74) is 3.25. The normalized spacial score (nSPS) is 11.9. The molecule has 1 unspecified atom stereocenters. The predicted octanol–water partition coefficient (Wildman–Crippen LogP) is 4.65. The van der Waals surface area contributed by atoms with Gasteiger partial charge in [0.25, 0.3) is 0 Å². The molecule has 0 fully saturated rings. The van der Waals surface area contributed by atoms with E-state index in [2.05, 4.69) is 24.4 Å². The van der Waals surface area contributed by atoms with E-state index in [1.54, 1.807) is 11.8 Å². The molecular weight excluding hydrogens is 278 g/mol. The highest BCUT2D eigenvalue weighted by Crippen LogP contribution is 2.22. The van der Waals surface area contributed by atoms with E-state index in [-0.39, 0.29) is 11.2 Å². The standard InChI is InChI=1S/C18H21NOS/c1-3-17(21-13-15-10-5-4-6-11-15)18(20)19-16-12-8-7-9-14(16)2/h4-12,17H,3,13H2,1-2H3,(H,19,20). The molecule has 0 radical (unpaired) electrons. The van der Waals surface area contributed by atoms with Crippen LogP contribution in [0.3, 0.4) is 0 Å². The van der Waals surface area contributed by atoms with Gasteiger partial charge in [0, 0.05) is 11.4 Å². The van der Waals surface area contributed by atoms with E-state index < -0.39 is 0 Å². The Morgan fingerprint density at radius 2 is 1.76 bits per heavy atom. The number of rotatable bonds is 6. The number of aryl methyl sites for hydroxylation is 1.